The van der Waals surface area contributed by atoms with Gasteiger partial charge >= 0.3 is 5.97 Å². The van der Waals surface area contributed by atoms with Gasteiger partial charge in [-0.05, 0) is 75.3 Å². The maximum Gasteiger partial charge on any atom is 0.303 e. The molecule has 0 bridgehead atoms. The van der Waals surface area contributed by atoms with Crippen LogP contribution in [0, 0.1) is 6.92 Å². The Hall–Kier alpha value is -3.12. The molecular weight excluding hydrogens is 424 g/mol. The van der Waals surface area contributed by atoms with Crippen molar-refractivity contribution in [1.82, 2.24) is 19.3 Å². The van der Waals surface area contributed by atoms with E-state index in [0.29, 0.717) is 6.04 Å². The first-order valence-corrected chi connectivity index (χ1v) is 12.6. The molecule has 6 heteroatoms. The molecule has 1 aliphatic heterocycles. The zero-order chi connectivity index (χ0) is 23.5. The molecule has 1 aliphatic carbocycles. The molecule has 2 aliphatic rings. The van der Waals surface area contributed by atoms with Gasteiger partial charge in [-0.2, -0.15) is 0 Å². The van der Waals surface area contributed by atoms with Crippen LogP contribution in [0.25, 0.3) is 16.4 Å². The third kappa shape index (κ3) is 4.60. The van der Waals surface area contributed by atoms with E-state index in [0.717, 1.165) is 44.3 Å². The van der Waals surface area contributed by atoms with Gasteiger partial charge in [0.1, 0.15) is 0 Å². The summed E-state index contributed by atoms with van der Waals surface area (Å²) in [6.07, 6.45) is 11.5. The van der Waals surface area contributed by atoms with Gasteiger partial charge in [-0.3, -0.25) is 4.79 Å². The van der Waals surface area contributed by atoms with Crippen LogP contribution in [0.4, 0.5) is 0 Å². The Labute approximate surface area is 200 Å². The first-order valence-electron chi connectivity index (χ1n) is 12.6. The predicted molar refractivity (Wildman–Crippen MR) is 135 cm³/mol. The van der Waals surface area contributed by atoms with E-state index < -0.39 is 5.97 Å². The van der Waals surface area contributed by atoms with Crippen molar-refractivity contribution in [3.8, 4) is 0 Å². The Morgan fingerprint density at radius 3 is 3.00 bits per heavy atom. The molecule has 0 radical (unpaired) electrons. The molecule has 1 atom stereocenters. The van der Waals surface area contributed by atoms with Crippen LogP contribution in [0.2, 0.25) is 0 Å². The molecule has 0 saturated carbocycles. The fourth-order valence-corrected chi connectivity index (χ4v) is 5.60. The molecule has 4 aromatic rings. The molecule has 6 rings (SSSR count). The SMILES string of the molecule is Cc1ccc2c(c1)c1c3n2CCNC3CCC1.O=C(O)CCCCCc1cccc2cncn12. The van der Waals surface area contributed by atoms with E-state index in [1.54, 1.807) is 11.3 Å². The highest BCUT2D eigenvalue weighted by Crippen LogP contribution is 2.39. The number of unbranched alkanes of at least 4 members (excludes halogenated alkanes) is 2. The molecule has 0 saturated heterocycles. The predicted octanol–water partition coefficient (Wildman–Crippen LogP) is 5.45. The number of aromatic nitrogens is 3. The zero-order valence-electron chi connectivity index (χ0n) is 20.0. The minimum Gasteiger partial charge on any atom is -0.481 e. The van der Waals surface area contributed by atoms with Crippen LogP contribution in [0.1, 0.15) is 67.1 Å². The topological polar surface area (TPSA) is 71.6 Å². The van der Waals surface area contributed by atoms with E-state index in [-0.39, 0.29) is 6.42 Å². The molecule has 4 heterocycles. The average Bonchev–Trinajstić information content (AvgIpc) is 3.44. The second-order valence-corrected chi connectivity index (χ2v) is 9.60. The maximum atomic E-state index is 10.4. The zero-order valence-corrected chi connectivity index (χ0v) is 20.0. The number of aliphatic carboxylic acids is 1. The van der Waals surface area contributed by atoms with Crippen LogP contribution in [-0.2, 0) is 24.2 Å². The van der Waals surface area contributed by atoms with Gasteiger partial charge in [0.15, 0.2) is 0 Å². The van der Waals surface area contributed by atoms with Crippen molar-refractivity contribution in [1.29, 1.82) is 0 Å². The largest absolute Gasteiger partial charge is 0.481 e. The lowest BCUT2D eigenvalue weighted by atomic mass is 9.90. The van der Waals surface area contributed by atoms with Crippen molar-refractivity contribution in [2.24, 2.45) is 0 Å². The lowest BCUT2D eigenvalue weighted by molar-refractivity contribution is -0.137. The van der Waals surface area contributed by atoms with E-state index in [9.17, 15) is 4.79 Å². The number of fused-ring (bicyclic) bond motifs is 4. The van der Waals surface area contributed by atoms with Crippen LogP contribution < -0.4 is 5.32 Å². The maximum absolute atomic E-state index is 10.4. The monoisotopic (exact) mass is 458 g/mol. The van der Waals surface area contributed by atoms with Gasteiger partial charge in [-0.1, -0.05) is 24.1 Å². The van der Waals surface area contributed by atoms with Gasteiger partial charge in [0.25, 0.3) is 0 Å². The van der Waals surface area contributed by atoms with Crippen LogP contribution in [0.15, 0.2) is 48.9 Å². The number of pyridine rings is 1. The summed E-state index contributed by atoms with van der Waals surface area (Å²) in [6, 6.07) is 13.7. The highest BCUT2D eigenvalue weighted by Gasteiger charge is 2.29. The minimum absolute atomic E-state index is 0.273. The summed E-state index contributed by atoms with van der Waals surface area (Å²) in [6.45, 7) is 4.45. The lowest BCUT2D eigenvalue weighted by Gasteiger charge is -2.31. The van der Waals surface area contributed by atoms with Crippen molar-refractivity contribution in [3.05, 3.63) is 71.4 Å². The summed E-state index contributed by atoms with van der Waals surface area (Å²) >= 11 is 0. The second-order valence-electron chi connectivity index (χ2n) is 9.60. The van der Waals surface area contributed by atoms with Gasteiger partial charge < -0.3 is 19.4 Å². The molecule has 2 N–H and O–H groups in total. The quantitative estimate of drug-likeness (QED) is 0.377. The number of nitrogens with zero attached hydrogens (tertiary/aromatic N) is 3. The van der Waals surface area contributed by atoms with Crippen molar-refractivity contribution in [3.63, 3.8) is 0 Å². The molecular formula is C28H34N4O2. The third-order valence-corrected chi connectivity index (χ3v) is 7.20. The summed E-state index contributed by atoms with van der Waals surface area (Å²) < 4.78 is 4.64. The summed E-state index contributed by atoms with van der Waals surface area (Å²) in [7, 11) is 0. The van der Waals surface area contributed by atoms with Crippen molar-refractivity contribution < 1.29 is 9.90 Å². The number of carboxylic acids is 1. The first kappa shape index (κ1) is 22.7. The Kier molecular flexibility index (Phi) is 6.68. The molecule has 0 amide bonds. The van der Waals surface area contributed by atoms with E-state index >= 15 is 0 Å². The number of hydrogen-bond acceptors (Lipinski definition) is 3. The molecule has 178 valence electrons. The van der Waals surface area contributed by atoms with E-state index in [4.69, 9.17) is 5.11 Å². The van der Waals surface area contributed by atoms with Crippen molar-refractivity contribution in [2.45, 2.75) is 70.9 Å². The van der Waals surface area contributed by atoms with Gasteiger partial charge in [0.05, 0.1) is 18.0 Å². The molecule has 1 aromatic carbocycles. The second kappa shape index (κ2) is 10.0. The minimum atomic E-state index is -0.707. The van der Waals surface area contributed by atoms with Gasteiger partial charge in [-0.25, -0.2) is 4.98 Å². The van der Waals surface area contributed by atoms with Crippen molar-refractivity contribution >= 4 is 22.4 Å². The highest BCUT2D eigenvalue weighted by molar-refractivity contribution is 5.87. The molecule has 34 heavy (non-hydrogen) atoms. The van der Waals surface area contributed by atoms with Crippen LogP contribution >= 0.6 is 0 Å². The number of benzene rings is 1. The summed E-state index contributed by atoms with van der Waals surface area (Å²) in [5, 5.41) is 13.7. The smallest absolute Gasteiger partial charge is 0.303 e. The number of carboxylic acid groups (broad SMARTS) is 1. The summed E-state index contributed by atoms with van der Waals surface area (Å²) in [5.74, 6) is -0.707. The van der Waals surface area contributed by atoms with E-state index in [1.165, 1.54) is 41.4 Å². The third-order valence-electron chi connectivity index (χ3n) is 7.20. The molecule has 0 spiro atoms. The Bertz CT molecular complexity index is 1300. The highest BCUT2D eigenvalue weighted by atomic mass is 16.4. The Balaban J connectivity index is 0.000000142. The Morgan fingerprint density at radius 2 is 2.12 bits per heavy atom. The average molecular weight is 459 g/mol. The number of aryl methyl sites for hydroxylation is 3. The van der Waals surface area contributed by atoms with Crippen LogP contribution in [0.5, 0.6) is 0 Å². The molecule has 3 aromatic heterocycles. The van der Waals surface area contributed by atoms with Gasteiger partial charge in [0.2, 0.25) is 0 Å². The van der Waals surface area contributed by atoms with E-state index in [1.807, 2.05) is 24.7 Å². The number of nitrogens with one attached hydrogen (secondary N) is 1. The molecule has 6 nitrogen and oxygen atoms in total. The van der Waals surface area contributed by atoms with Gasteiger partial charge in [0, 0.05) is 47.8 Å². The summed E-state index contributed by atoms with van der Waals surface area (Å²) in [5.41, 5.74) is 8.37. The van der Waals surface area contributed by atoms with Crippen molar-refractivity contribution in [2.75, 3.05) is 6.54 Å². The Morgan fingerprint density at radius 1 is 1.21 bits per heavy atom. The lowest BCUT2D eigenvalue weighted by Crippen LogP contribution is -2.35. The van der Waals surface area contributed by atoms with Gasteiger partial charge in [-0.15, -0.1) is 0 Å². The number of imidazole rings is 1. The van der Waals surface area contributed by atoms with Crippen LogP contribution in [0.3, 0.4) is 0 Å². The normalized spacial score (nSPS) is 16.8. The number of hydrogen-bond donors (Lipinski definition) is 2. The summed E-state index contributed by atoms with van der Waals surface area (Å²) in [4.78, 5) is 14.5. The van der Waals surface area contributed by atoms with Crippen LogP contribution in [-0.4, -0.2) is 31.6 Å². The fraction of sp³-hybridized carbons (Fsp3) is 0.429. The molecule has 1 unspecified atom stereocenters. The standard InChI is InChI=1S/C15H18N2.C13H16N2O2/c1-10-5-6-14-12(9-10)11-3-2-4-13-15(11)17(14)8-7-16-13;16-13(17)8-3-1-2-5-11-6-4-7-12-9-14-10-15(11)12/h5-6,9,13,16H,2-4,7-8H2,1H3;4,6-7,9-10H,1-3,5,8H2,(H,16,17). The fourth-order valence-electron chi connectivity index (χ4n) is 5.60. The number of carbonyl (C=O) groups is 1. The van der Waals surface area contributed by atoms with E-state index in [2.05, 4.69) is 50.5 Å². The number of rotatable bonds is 6. The molecule has 0 fully saturated rings. The first-order chi connectivity index (χ1) is 16.6.